The first kappa shape index (κ1) is 23.4. The van der Waals surface area contributed by atoms with Crippen molar-refractivity contribution in [1.29, 1.82) is 0 Å². The van der Waals surface area contributed by atoms with Gasteiger partial charge in [-0.25, -0.2) is 8.42 Å². The number of hydrogen-bond donors (Lipinski definition) is 1. The van der Waals surface area contributed by atoms with E-state index in [4.69, 9.17) is 14.2 Å². The van der Waals surface area contributed by atoms with Gasteiger partial charge in [-0.2, -0.15) is 0 Å². The molecule has 0 bridgehead atoms. The molecule has 3 aromatic carbocycles. The molecule has 0 unspecified atom stereocenters. The van der Waals surface area contributed by atoms with Crippen LogP contribution in [-0.2, 0) is 16.6 Å². The summed E-state index contributed by atoms with van der Waals surface area (Å²) in [5.74, 6) is 1.62. The van der Waals surface area contributed by atoms with Crippen LogP contribution in [0.5, 0.6) is 17.2 Å². The lowest BCUT2D eigenvalue weighted by Crippen LogP contribution is -2.30. The number of anilines is 1. The van der Waals surface area contributed by atoms with E-state index in [1.807, 2.05) is 30.3 Å². The molecule has 34 heavy (non-hydrogen) atoms. The lowest BCUT2D eigenvalue weighted by molar-refractivity contribution is 0.0947. The second-order valence-corrected chi connectivity index (χ2v) is 9.62. The number of para-hydroxylation sites is 1. The quantitative estimate of drug-likeness (QED) is 0.471. The van der Waals surface area contributed by atoms with E-state index in [-0.39, 0.29) is 12.5 Å². The summed E-state index contributed by atoms with van der Waals surface area (Å²) in [5, 5.41) is 2.81. The van der Waals surface area contributed by atoms with E-state index in [1.54, 1.807) is 42.5 Å². The monoisotopic (exact) mass is 482 g/mol. The molecule has 0 spiro atoms. The van der Waals surface area contributed by atoms with Gasteiger partial charge in [-0.15, -0.1) is 0 Å². The van der Waals surface area contributed by atoms with E-state index in [0.29, 0.717) is 49.1 Å². The van der Waals surface area contributed by atoms with Crippen LogP contribution in [0.25, 0.3) is 0 Å². The minimum Gasteiger partial charge on any atom is -0.492 e. The van der Waals surface area contributed by atoms with Gasteiger partial charge in [-0.05, 0) is 42.0 Å². The Kier molecular flexibility index (Phi) is 7.22. The number of sulfonamides is 1. The molecule has 1 N–H and O–H groups in total. The molecule has 9 heteroatoms. The van der Waals surface area contributed by atoms with E-state index in [2.05, 4.69) is 5.32 Å². The number of hydrogen-bond acceptors (Lipinski definition) is 6. The Morgan fingerprint density at radius 1 is 0.971 bits per heavy atom. The first-order chi connectivity index (χ1) is 16.4. The molecule has 1 heterocycles. The topological polar surface area (TPSA) is 94.2 Å². The summed E-state index contributed by atoms with van der Waals surface area (Å²) >= 11 is 0. The van der Waals surface area contributed by atoms with E-state index in [9.17, 15) is 13.2 Å². The van der Waals surface area contributed by atoms with Crippen molar-refractivity contribution in [3.05, 3.63) is 83.9 Å². The number of ether oxygens (including phenoxy) is 3. The number of fused-ring (bicyclic) bond motifs is 1. The number of carbonyl (C=O) groups excluding carboxylic acids is 1. The standard InChI is InChI=1S/C25H26N2O6S/c1-34(29,30)27(21-11-12-23-24(17-21)33-16-15-32-23)18-19-7-9-20(10-8-19)25(28)26-13-14-31-22-5-3-2-4-6-22/h2-12,17H,13-16,18H2,1H3,(H,26,28). The minimum atomic E-state index is -3.56. The molecule has 0 fully saturated rings. The maximum atomic E-state index is 12.5. The second-order valence-electron chi connectivity index (χ2n) is 7.71. The number of carbonyl (C=O) groups is 1. The van der Waals surface area contributed by atoms with Crippen molar-refractivity contribution in [3.63, 3.8) is 0 Å². The summed E-state index contributed by atoms with van der Waals surface area (Å²) in [7, 11) is -3.56. The van der Waals surface area contributed by atoms with E-state index < -0.39 is 10.0 Å². The third kappa shape index (κ3) is 5.99. The van der Waals surface area contributed by atoms with Crippen LogP contribution >= 0.6 is 0 Å². The largest absolute Gasteiger partial charge is 0.492 e. The lowest BCUT2D eigenvalue weighted by Gasteiger charge is -2.25. The SMILES string of the molecule is CS(=O)(=O)N(Cc1ccc(C(=O)NCCOc2ccccc2)cc1)c1ccc2c(c1)OCCO2. The third-order valence-electron chi connectivity index (χ3n) is 5.16. The fourth-order valence-corrected chi connectivity index (χ4v) is 4.35. The molecule has 0 aliphatic carbocycles. The van der Waals surface area contributed by atoms with Crippen molar-refractivity contribution >= 4 is 21.6 Å². The number of rotatable bonds is 9. The first-order valence-corrected chi connectivity index (χ1v) is 12.7. The van der Waals surface area contributed by atoms with Crippen LogP contribution < -0.4 is 23.8 Å². The molecule has 1 aliphatic rings. The number of nitrogens with zero attached hydrogens (tertiary/aromatic N) is 1. The molecule has 0 atom stereocenters. The predicted molar refractivity (Wildman–Crippen MR) is 129 cm³/mol. The Hall–Kier alpha value is -3.72. The van der Waals surface area contributed by atoms with Crippen LogP contribution in [0, 0.1) is 0 Å². The van der Waals surface area contributed by atoms with Crippen LogP contribution in [0.4, 0.5) is 5.69 Å². The van der Waals surface area contributed by atoms with Crippen molar-refractivity contribution in [3.8, 4) is 17.2 Å². The zero-order valence-electron chi connectivity index (χ0n) is 18.8. The third-order valence-corrected chi connectivity index (χ3v) is 6.30. The lowest BCUT2D eigenvalue weighted by atomic mass is 10.1. The Labute approximate surface area is 199 Å². The molecular formula is C25H26N2O6S. The maximum Gasteiger partial charge on any atom is 0.251 e. The molecule has 1 amide bonds. The molecular weight excluding hydrogens is 456 g/mol. The summed E-state index contributed by atoms with van der Waals surface area (Å²) < 4.78 is 43.0. The zero-order chi connectivity index (χ0) is 24.0. The van der Waals surface area contributed by atoms with Gasteiger partial charge in [0.1, 0.15) is 25.6 Å². The molecule has 0 radical (unpaired) electrons. The van der Waals surface area contributed by atoms with Crippen molar-refractivity contribution < 1.29 is 27.4 Å². The molecule has 3 aromatic rings. The maximum absolute atomic E-state index is 12.5. The average molecular weight is 483 g/mol. The summed E-state index contributed by atoms with van der Waals surface area (Å²) in [5.41, 5.74) is 1.70. The fraction of sp³-hybridized carbons (Fsp3) is 0.240. The number of benzene rings is 3. The van der Waals surface area contributed by atoms with Crippen LogP contribution in [0.1, 0.15) is 15.9 Å². The zero-order valence-corrected chi connectivity index (χ0v) is 19.6. The predicted octanol–water partition coefficient (Wildman–Crippen LogP) is 3.23. The van der Waals surface area contributed by atoms with Crippen LogP contribution in [0.2, 0.25) is 0 Å². The average Bonchev–Trinajstić information content (AvgIpc) is 2.85. The number of nitrogens with one attached hydrogen (secondary N) is 1. The second kappa shape index (κ2) is 10.5. The molecule has 0 aromatic heterocycles. The van der Waals surface area contributed by atoms with E-state index in [1.165, 1.54) is 4.31 Å². The van der Waals surface area contributed by atoms with Gasteiger partial charge < -0.3 is 19.5 Å². The molecule has 0 saturated carbocycles. The highest BCUT2D eigenvalue weighted by molar-refractivity contribution is 7.92. The summed E-state index contributed by atoms with van der Waals surface area (Å²) in [6.45, 7) is 1.71. The highest BCUT2D eigenvalue weighted by Gasteiger charge is 2.21. The van der Waals surface area contributed by atoms with Gasteiger partial charge in [0, 0.05) is 11.6 Å². The van der Waals surface area contributed by atoms with Gasteiger partial charge in [0.25, 0.3) is 5.91 Å². The van der Waals surface area contributed by atoms with Crippen molar-refractivity contribution in [1.82, 2.24) is 5.32 Å². The Bertz CT molecular complexity index is 1230. The first-order valence-electron chi connectivity index (χ1n) is 10.8. The van der Waals surface area contributed by atoms with Gasteiger partial charge in [0.05, 0.1) is 25.0 Å². The normalized spacial score (nSPS) is 12.6. The van der Waals surface area contributed by atoms with Crippen molar-refractivity contribution in [2.45, 2.75) is 6.54 Å². The van der Waals surface area contributed by atoms with Gasteiger partial charge in [-0.1, -0.05) is 30.3 Å². The molecule has 8 nitrogen and oxygen atoms in total. The van der Waals surface area contributed by atoms with Crippen LogP contribution in [-0.4, -0.2) is 46.9 Å². The van der Waals surface area contributed by atoms with Gasteiger partial charge in [0.2, 0.25) is 10.0 Å². The Morgan fingerprint density at radius 2 is 1.68 bits per heavy atom. The van der Waals surface area contributed by atoms with Gasteiger partial charge in [-0.3, -0.25) is 9.10 Å². The summed E-state index contributed by atoms with van der Waals surface area (Å²) in [6.07, 6.45) is 1.16. The van der Waals surface area contributed by atoms with Crippen molar-refractivity contribution in [2.75, 3.05) is 36.9 Å². The van der Waals surface area contributed by atoms with Gasteiger partial charge in [0.15, 0.2) is 11.5 Å². The van der Waals surface area contributed by atoms with Crippen LogP contribution in [0.3, 0.4) is 0 Å². The van der Waals surface area contributed by atoms with E-state index in [0.717, 1.165) is 17.6 Å². The Morgan fingerprint density at radius 3 is 2.38 bits per heavy atom. The van der Waals surface area contributed by atoms with Gasteiger partial charge >= 0.3 is 0 Å². The smallest absolute Gasteiger partial charge is 0.251 e. The molecule has 0 saturated heterocycles. The number of amides is 1. The Balaban J connectivity index is 1.37. The summed E-state index contributed by atoms with van der Waals surface area (Å²) in [6, 6.07) is 21.3. The van der Waals surface area contributed by atoms with Crippen molar-refractivity contribution in [2.24, 2.45) is 0 Å². The highest BCUT2D eigenvalue weighted by atomic mass is 32.2. The molecule has 1 aliphatic heterocycles. The van der Waals surface area contributed by atoms with E-state index >= 15 is 0 Å². The molecule has 4 rings (SSSR count). The molecule has 178 valence electrons. The fourth-order valence-electron chi connectivity index (χ4n) is 3.47. The van der Waals surface area contributed by atoms with Crippen LogP contribution in [0.15, 0.2) is 72.8 Å². The minimum absolute atomic E-state index is 0.116. The summed E-state index contributed by atoms with van der Waals surface area (Å²) in [4.78, 5) is 12.4. The highest BCUT2D eigenvalue weighted by Crippen LogP contribution is 2.35.